The average Bonchev–Trinajstić information content (AvgIpc) is 3.32. The number of nitrogens with one attached hydrogen (secondary N) is 1. The molecule has 0 atom stereocenters. The van der Waals surface area contributed by atoms with Crippen LogP contribution < -0.4 is 5.32 Å². The maximum absolute atomic E-state index is 14.3. The van der Waals surface area contributed by atoms with Crippen molar-refractivity contribution in [2.75, 3.05) is 5.32 Å². The highest BCUT2D eigenvalue weighted by molar-refractivity contribution is 7.91. The highest BCUT2D eigenvalue weighted by Crippen LogP contribution is 2.27. The lowest BCUT2D eigenvalue weighted by Crippen LogP contribution is -2.37. The van der Waals surface area contributed by atoms with E-state index in [4.69, 9.17) is 0 Å². The van der Waals surface area contributed by atoms with E-state index in [0.717, 1.165) is 12.1 Å². The molecule has 8 nitrogen and oxygen atoms in total. The lowest BCUT2D eigenvalue weighted by atomic mass is 10.2. The topological polar surface area (TPSA) is 109 Å². The summed E-state index contributed by atoms with van der Waals surface area (Å²) >= 11 is 0.472. The van der Waals surface area contributed by atoms with Crippen molar-refractivity contribution in [2.45, 2.75) is 10.9 Å². The molecule has 3 aromatic carbocycles. The van der Waals surface area contributed by atoms with Crippen molar-refractivity contribution >= 4 is 38.3 Å². The van der Waals surface area contributed by atoms with E-state index in [1.165, 1.54) is 36.4 Å². The van der Waals surface area contributed by atoms with Crippen molar-refractivity contribution < 1.29 is 26.8 Å². The number of amides is 2. The van der Waals surface area contributed by atoms with E-state index in [9.17, 15) is 26.8 Å². The summed E-state index contributed by atoms with van der Waals surface area (Å²) in [6.45, 7) is -0.396. The summed E-state index contributed by atoms with van der Waals surface area (Å²) < 4.78 is 54.9. The summed E-state index contributed by atoms with van der Waals surface area (Å²) in [5, 5.41) is 9.30. The quantitative estimate of drug-likeness (QED) is 0.372. The number of halogens is 2. The molecule has 0 saturated carbocycles. The SMILES string of the molecule is O=C(Nc1nnc(S(=O)(=O)N(Cc2ccccc2)C(=O)c2ccccc2F)s1)c1ccccc1F. The Morgan fingerprint density at radius 2 is 1.40 bits per heavy atom. The summed E-state index contributed by atoms with van der Waals surface area (Å²) in [7, 11) is -4.61. The molecule has 0 bridgehead atoms. The van der Waals surface area contributed by atoms with Crippen molar-refractivity contribution in [3.63, 3.8) is 0 Å². The molecule has 2 amide bonds. The third-order valence-corrected chi connectivity index (χ3v) is 7.67. The van der Waals surface area contributed by atoms with Gasteiger partial charge in [0.05, 0.1) is 17.7 Å². The van der Waals surface area contributed by atoms with Gasteiger partial charge in [0.2, 0.25) is 5.13 Å². The number of sulfonamides is 1. The predicted molar refractivity (Wildman–Crippen MR) is 124 cm³/mol. The van der Waals surface area contributed by atoms with Gasteiger partial charge >= 0.3 is 0 Å². The summed E-state index contributed by atoms with van der Waals surface area (Å²) in [6.07, 6.45) is 0. The fraction of sp³-hybridized carbons (Fsp3) is 0.0435. The van der Waals surface area contributed by atoms with Gasteiger partial charge in [-0.15, -0.1) is 10.2 Å². The van der Waals surface area contributed by atoms with E-state index in [1.807, 2.05) is 0 Å². The number of rotatable bonds is 7. The second-order valence-corrected chi connectivity index (χ2v) is 10.1. The normalized spacial score (nSPS) is 11.1. The molecule has 0 aliphatic rings. The first kappa shape index (κ1) is 24.1. The third kappa shape index (κ3) is 5.23. The van der Waals surface area contributed by atoms with Crippen LogP contribution >= 0.6 is 11.3 Å². The van der Waals surface area contributed by atoms with Crippen molar-refractivity contribution in [3.8, 4) is 0 Å². The number of carbonyl (C=O) groups is 2. The van der Waals surface area contributed by atoms with E-state index in [0.29, 0.717) is 21.2 Å². The van der Waals surface area contributed by atoms with Crippen LogP contribution in [-0.4, -0.2) is 34.7 Å². The highest BCUT2D eigenvalue weighted by Gasteiger charge is 2.35. The second-order valence-electron chi connectivity index (χ2n) is 7.09. The Balaban J connectivity index is 1.66. The molecule has 4 aromatic rings. The number of nitrogens with zero attached hydrogens (tertiary/aromatic N) is 3. The molecule has 0 fully saturated rings. The van der Waals surface area contributed by atoms with Crippen LogP contribution in [0.15, 0.2) is 83.2 Å². The van der Waals surface area contributed by atoms with E-state index >= 15 is 0 Å². The van der Waals surface area contributed by atoms with Gasteiger partial charge in [-0.1, -0.05) is 65.9 Å². The number of carbonyl (C=O) groups excluding carboxylic acids is 2. The lowest BCUT2D eigenvalue weighted by Gasteiger charge is -2.21. The number of hydrogen-bond donors (Lipinski definition) is 1. The zero-order valence-corrected chi connectivity index (χ0v) is 19.4. The Hall–Kier alpha value is -4.03. The number of benzene rings is 3. The fourth-order valence-corrected chi connectivity index (χ4v) is 5.42. The van der Waals surface area contributed by atoms with Gasteiger partial charge in [-0.2, -0.15) is 8.42 Å². The minimum atomic E-state index is -4.61. The monoisotopic (exact) mass is 514 g/mol. The molecular formula is C23H16F2N4O4S2. The first-order valence-electron chi connectivity index (χ1n) is 10.0. The molecule has 12 heteroatoms. The van der Waals surface area contributed by atoms with E-state index in [1.54, 1.807) is 30.3 Å². The number of anilines is 1. The summed E-state index contributed by atoms with van der Waals surface area (Å²) in [6, 6.07) is 18.5. The van der Waals surface area contributed by atoms with Crippen LogP contribution in [0, 0.1) is 11.6 Å². The summed E-state index contributed by atoms with van der Waals surface area (Å²) in [4.78, 5) is 25.5. The van der Waals surface area contributed by atoms with Crippen LogP contribution in [0.2, 0.25) is 0 Å². The molecule has 1 N–H and O–H groups in total. The Kier molecular flexibility index (Phi) is 6.94. The molecule has 35 heavy (non-hydrogen) atoms. The van der Waals surface area contributed by atoms with Crippen LogP contribution in [0.25, 0.3) is 0 Å². The Bertz CT molecular complexity index is 1490. The van der Waals surface area contributed by atoms with Gasteiger partial charge in [-0.3, -0.25) is 14.9 Å². The maximum Gasteiger partial charge on any atom is 0.296 e. The van der Waals surface area contributed by atoms with Crippen LogP contribution in [0.1, 0.15) is 26.3 Å². The van der Waals surface area contributed by atoms with Crippen LogP contribution in [0.3, 0.4) is 0 Å². The molecule has 1 heterocycles. The minimum absolute atomic E-state index is 0.227. The van der Waals surface area contributed by atoms with E-state index < -0.39 is 49.9 Å². The van der Waals surface area contributed by atoms with Gasteiger partial charge in [-0.25, -0.2) is 13.1 Å². The zero-order chi connectivity index (χ0) is 25.0. The zero-order valence-electron chi connectivity index (χ0n) is 17.8. The van der Waals surface area contributed by atoms with Crippen LogP contribution in [0.4, 0.5) is 13.9 Å². The lowest BCUT2D eigenvalue weighted by molar-refractivity contribution is 0.0850. The second kappa shape index (κ2) is 10.1. The largest absolute Gasteiger partial charge is 0.296 e. The van der Waals surface area contributed by atoms with Crippen molar-refractivity contribution in [2.24, 2.45) is 0 Å². The molecule has 0 radical (unpaired) electrons. The maximum atomic E-state index is 14.3. The first-order valence-corrected chi connectivity index (χ1v) is 12.3. The molecule has 4 rings (SSSR count). The molecular weight excluding hydrogens is 498 g/mol. The third-order valence-electron chi connectivity index (χ3n) is 4.76. The van der Waals surface area contributed by atoms with Crippen molar-refractivity contribution in [3.05, 3.63) is 107 Å². The standard InChI is InChI=1S/C23H16F2N4O4S2/c24-18-12-6-4-10-16(18)20(30)26-22-27-28-23(34-22)35(32,33)29(14-15-8-2-1-3-9-15)21(31)17-11-5-7-13-19(17)25/h1-13H,14H2,(H,26,27,30). The molecule has 1 aromatic heterocycles. The van der Waals surface area contributed by atoms with Crippen molar-refractivity contribution in [1.29, 1.82) is 0 Å². The molecule has 0 saturated heterocycles. The molecule has 0 spiro atoms. The Morgan fingerprint density at radius 3 is 2.03 bits per heavy atom. The molecule has 0 aliphatic heterocycles. The van der Waals surface area contributed by atoms with Gasteiger partial charge in [0.1, 0.15) is 11.6 Å². The summed E-state index contributed by atoms with van der Waals surface area (Å²) in [5.41, 5.74) is -0.240. The van der Waals surface area contributed by atoms with Gasteiger partial charge < -0.3 is 0 Å². The minimum Gasteiger partial charge on any atom is -0.296 e. The van der Waals surface area contributed by atoms with E-state index in [2.05, 4.69) is 15.5 Å². The molecule has 178 valence electrons. The van der Waals surface area contributed by atoms with Crippen LogP contribution in [-0.2, 0) is 16.6 Å². The number of aromatic nitrogens is 2. The summed E-state index contributed by atoms with van der Waals surface area (Å²) in [5.74, 6) is -3.61. The predicted octanol–water partition coefficient (Wildman–Crippen LogP) is 4.10. The first-order chi connectivity index (χ1) is 16.8. The van der Waals surface area contributed by atoms with Crippen molar-refractivity contribution in [1.82, 2.24) is 14.5 Å². The Labute approximate surface area is 202 Å². The van der Waals surface area contributed by atoms with E-state index in [-0.39, 0.29) is 10.7 Å². The van der Waals surface area contributed by atoms with Crippen LogP contribution in [0.5, 0.6) is 0 Å². The fourth-order valence-electron chi connectivity index (χ4n) is 3.05. The molecule has 0 aliphatic carbocycles. The smallest absolute Gasteiger partial charge is 0.296 e. The average molecular weight is 515 g/mol. The highest BCUT2D eigenvalue weighted by atomic mass is 32.2. The van der Waals surface area contributed by atoms with Gasteiger partial charge in [0, 0.05) is 0 Å². The molecule has 0 unspecified atom stereocenters. The number of hydrogen-bond acceptors (Lipinski definition) is 7. The van der Waals surface area contributed by atoms with Gasteiger partial charge in [0.15, 0.2) is 0 Å². The Morgan fingerprint density at radius 1 is 0.829 bits per heavy atom. The van der Waals surface area contributed by atoms with Gasteiger partial charge in [-0.05, 0) is 29.8 Å². The van der Waals surface area contributed by atoms with Gasteiger partial charge in [0.25, 0.3) is 26.2 Å².